The third-order valence-electron chi connectivity index (χ3n) is 6.04. The molecule has 2 aromatic carbocycles. The fourth-order valence-electron chi connectivity index (χ4n) is 4.05. The van der Waals surface area contributed by atoms with Crippen LogP contribution in [0.15, 0.2) is 59.8 Å². The molecular weight excluding hydrogens is 456 g/mol. The Morgan fingerprint density at radius 2 is 1.82 bits per heavy atom. The van der Waals surface area contributed by atoms with Crippen molar-refractivity contribution >= 4 is 29.3 Å². The maximum atomic E-state index is 13.0. The van der Waals surface area contributed by atoms with Crippen molar-refractivity contribution in [2.24, 2.45) is 13.0 Å². The summed E-state index contributed by atoms with van der Waals surface area (Å²) < 4.78 is 7.65. The van der Waals surface area contributed by atoms with Crippen LogP contribution >= 0.6 is 23.4 Å². The summed E-state index contributed by atoms with van der Waals surface area (Å²) in [4.78, 5) is 15.0. The predicted octanol–water partition coefficient (Wildman–Crippen LogP) is 5.01. The molecule has 3 aromatic rings. The highest BCUT2D eigenvalue weighted by molar-refractivity contribution is 8.00. The van der Waals surface area contributed by atoms with Crippen LogP contribution in [0, 0.1) is 5.92 Å². The summed E-state index contributed by atoms with van der Waals surface area (Å²) in [5.41, 5.74) is 1.38. The lowest BCUT2D eigenvalue weighted by atomic mass is 9.90. The van der Waals surface area contributed by atoms with E-state index < -0.39 is 0 Å². The number of rotatable bonds is 8. The Kier molecular flexibility index (Phi) is 7.93. The van der Waals surface area contributed by atoms with Crippen LogP contribution in [0.4, 0.5) is 0 Å². The van der Waals surface area contributed by atoms with E-state index in [-0.39, 0.29) is 17.8 Å². The molecule has 1 amide bonds. The monoisotopic (exact) mass is 484 g/mol. The molecule has 4 rings (SSSR count). The van der Waals surface area contributed by atoms with Gasteiger partial charge in [0.2, 0.25) is 5.91 Å². The molecule has 1 atom stereocenters. The minimum absolute atomic E-state index is 0.162. The van der Waals surface area contributed by atoms with Gasteiger partial charge in [0, 0.05) is 20.1 Å². The lowest BCUT2D eigenvalue weighted by molar-refractivity contribution is -0.131. The van der Waals surface area contributed by atoms with Crippen LogP contribution in [0.25, 0.3) is 0 Å². The second-order valence-electron chi connectivity index (χ2n) is 8.40. The maximum absolute atomic E-state index is 13.0. The first-order valence-corrected chi connectivity index (χ1v) is 12.5. The molecule has 2 heterocycles. The average Bonchev–Trinajstić information content (AvgIpc) is 3.18. The number of halogens is 1. The SMILES string of the molecule is C[C@@H](Sc1nnc(COc2ccccc2Cl)n1C)C(=O)N1CCC(Cc2ccccc2)CC1. The molecule has 174 valence electrons. The first kappa shape index (κ1) is 23.6. The van der Waals surface area contributed by atoms with Gasteiger partial charge in [0.25, 0.3) is 0 Å². The minimum atomic E-state index is -0.226. The normalized spacial score (nSPS) is 15.4. The molecule has 0 radical (unpaired) electrons. The number of nitrogens with zero attached hydrogens (tertiary/aromatic N) is 4. The van der Waals surface area contributed by atoms with Crippen LogP contribution in [0.1, 0.15) is 31.2 Å². The topological polar surface area (TPSA) is 60.3 Å². The van der Waals surface area contributed by atoms with Crippen molar-refractivity contribution in [1.29, 1.82) is 0 Å². The number of para-hydroxylation sites is 1. The Morgan fingerprint density at radius 1 is 1.12 bits per heavy atom. The van der Waals surface area contributed by atoms with E-state index in [2.05, 4.69) is 40.5 Å². The number of carbonyl (C=O) groups is 1. The highest BCUT2D eigenvalue weighted by Crippen LogP contribution is 2.28. The molecule has 6 nitrogen and oxygen atoms in total. The molecule has 1 fully saturated rings. The smallest absolute Gasteiger partial charge is 0.235 e. The van der Waals surface area contributed by atoms with Gasteiger partial charge in [-0.1, -0.05) is 65.8 Å². The number of piperidine rings is 1. The lowest BCUT2D eigenvalue weighted by Gasteiger charge is -2.33. The van der Waals surface area contributed by atoms with E-state index >= 15 is 0 Å². The average molecular weight is 485 g/mol. The summed E-state index contributed by atoms with van der Waals surface area (Å²) in [6.45, 7) is 3.83. The van der Waals surface area contributed by atoms with Gasteiger partial charge in [0.05, 0.1) is 10.3 Å². The van der Waals surface area contributed by atoms with Crippen molar-refractivity contribution in [3.8, 4) is 5.75 Å². The van der Waals surface area contributed by atoms with Gasteiger partial charge in [-0.3, -0.25) is 4.79 Å². The zero-order chi connectivity index (χ0) is 23.2. The molecule has 8 heteroatoms. The number of aromatic nitrogens is 3. The van der Waals surface area contributed by atoms with Gasteiger partial charge in [-0.25, -0.2) is 0 Å². The molecule has 0 spiro atoms. The van der Waals surface area contributed by atoms with E-state index in [0.717, 1.165) is 32.4 Å². The van der Waals surface area contributed by atoms with Gasteiger partial charge in [-0.2, -0.15) is 0 Å². The van der Waals surface area contributed by atoms with Gasteiger partial charge in [-0.15, -0.1) is 10.2 Å². The molecule has 1 aliphatic heterocycles. The molecule has 1 aliphatic rings. The summed E-state index contributed by atoms with van der Waals surface area (Å²) in [6, 6.07) is 17.9. The summed E-state index contributed by atoms with van der Waals surface area (Å²) >= 11 is 7.59. The van der Waals surface area contributed by atoms with Crippen LogP contribution in [0.3, 0.4) is 0 Å². The summed E-state index contributed by atoms with van der Waals surface area (Å²) in [5, 5.41) is 9.54. The highest BCUT2D eigenvalue weighted by atomic mass is 35.5. The second kappa shape index (κ2) is 11.1. The van der Waals surface area contributed by atoms with E-state index in [4.69, 9.17) is 16.3 Å². The maximum Gasteiger partial charge on any atom is 0.235 e. The Morgan fingerprint density at radius 3 is 2.55 bits per heavy atom. The fourth-order valence-corrected chi connectivity index (χ4v) is 5.16. The van der Waals surface area contributed by atoms with Crippen molar-refractivity contribution in [2.75, 3.05) is 13.1 Å². The molecule has 0 saturated carbocycles. The van der Waals surface area contributed by atoms with Crippen LogP contribution in [-0.2, 0) is 24.9 Å². The number of thioether (sulfide) groups is 1. The Balaban J connectivity index is 1.27. The molecular formula is C25H29ClN4O2S. The van der Waals surface area contributed by atoms with E-state index in [1.807, 2.05) is 41.6 Å². The van der Waals surface area contributed by atoms with E-state index in [1.54, 1.807) is 6.07 Å². The zero-order valence-corrected chi connectivity index (χ0v) is 20.6. The lowest BCUT2D eigenvalue weighted by Crippen LogP contribution is -2.42. The van der Waals surface area contributed by atoms with Crippen LogP contribution < -0.4 is 4.74 Å². The summed E-state index contributed by atoms with van der Waals surface area (Å²) in [6.07, 6.45) is 3.18. The van der Waals surface area contributed by atoms with Crippen molar-refractivity contribution in [3.05, 3.63) is 71.0 Å². The first-order chi connectivity index (χ1) is 16.0. The minimum Gasteiger partial charge on any atom is -0.484 e. The van der Waals surface area contributed by atoms with Gasteiger partial charge in [0.15, 0.2) is 11.0 Å². The Bertz CT molecular complexity index is 1070. The first-order valence-electron chi connectivity index (χ1n) is 11.3. The molecule has 1 aromatic heterocycles. The molecule has 0 aliphatic carbocycles. The number of amides is 1. The van der Waals surface area contributed by atoms with Crippen LogP contribution in [-0.4, -0.2) is 43.9 Å². The van der Waals surface area contributed by atoms with Gasteiger partial charge in [0.1, 0.15) is 12.4 Å². The van der Waals surface area contributed by atoms with Crippen molar-refractivity contribution in [1.82, 2.24) is 19.7 Å². The van der Waals surface area contributed by atoms with E-state index in [0.29, 0.717) is 27.7 Å². The van der Waals surface area contributed by atoms with Crippen molar-refractivity contribution in [2.45, 2.75) is 43.2 Å². The van der Waals surface area contributed by atoms with Crippen molar-refractivity contribution in [3.63, 3.8) is 0 Å². The fraction of sp³-hybridized carbons (Fsp3) is 0.400. The molecule has 33 heavy (non-hydrogen) atoms. The molecule has 1 saturated heterocycles. The van der Waals surface area contributed by atoms with Gasteiger partial charge >= 0.3 is 0 Å². The molecule has 0 bridgehead atoms. The number of hydrogen-bond donors (Lipinski definition) is 0. The van der Waals surface area contributed by atoms with Crippen LogP contribution in [0.5, 0.6) is 5.75 Å². The number of ether oxygens (including phenoxy) is 1. The zero-order valence-electron chi connectivity index (χ0n) is 19.0. The highest BCUT2D eigenvalue weighted by Gasteiger charge is 2.28. The van der Waals surface area contributed by atoms with E-state index in [9.17, 15) is 4.79 Å². The number of hydrogen-bond acceptors (Lipinski definition) is 5. The third-order valence-corrected chi connectivity index (χ3v) is 7.48. The number of likely N-dealkylation sites (tertiary alicyclic amines) is 1. The Labute approximate surface area is 204 Å². The van der Waals surface area contributed by atoms with Gasteiger partial charge < -0.3 is 14.2 Å². The predicted molar refractivity (Wildman–Crippen MR) is 132 cm³/mol. The Hall–Kier alpha value is -2.51. The third kappa shape index (κ3) is 6.09. The van der Waals surface area contributed by atoms with Crippen LogP contribution in [0.2, 0.25) is 5.02 Å². The van der Waals surface area contributed by atoms with E-state index in [1.165, 1.54) is 17.3 Å². The second-order valence-corrected chi connectivity index (χ2v) is 10.1. The summed E-state index contributed by atoms with van der Waals surface area (Å²) in [5.74, 6) is 2.09. The summed E-state index contributed by atoms with van der Waals surface area (Å²) in [7, 11) is 1.89. The van der Waals surface area contributed by atoms with Crippen molar-refractivity contribution < 1.29 is 9.53 Å². The molecule has 0 N–H and O–H groups in total. The largest absolute Gasteiger partial charge is 0.484 e. The van der Waals surface area contributed by atoms with Gasteiger partial charge in [-0.05, 0) is 49.8 Å². The number of carbonyl (C=O) groups excluding carboxylic acids is 1. The number of benzene rings is 2. The standard InChI is InChI=1S/C25H29ClN4O2S/c1-18(24(31)30-14-12-20(13-15-30)16-19-8-4-3-5-9-19)33-25-28-27-23(29(25)2)17-32-22-11-7-6-10-21(22)26/h3-11,18,20H,12-17H2,1-2H3/t18-/m1/s1. The quantitative estimate of drug-likeness (QED) is 0.420. The molecule has 0 unspecified atom stereocenters.